The van der Waals surface area contributed by atoms with Crippen molar-refractivity contribution < 1.29 is 4.74 Å². The first-order valence-corrected chi connectivity index (χ1v) is 6.98. The zero-order chi connectivity index (χ0) is 12.6. The van der Waals surface area contributed by atoms with E-state index in [4.69, 9.17) is 14.7 Å². The lowest BCUT2D eigenvalue weighted by atomic mass is 9.79. The van der Waals surface area contributed by atoms with Crippen molar-refractivity contribution in [2.45, 2.75) is 51.0 Å². The number of fused-ring (bicyclic) bond motifs is 1. The van der Waals surface area contributed by atoms with Crippen molar-refractivity contribution in [3.63, 3.8) is 0 Å². The maximum Gasteiger partial charge on any atom is 0.162 e. The molecule has 98 valence electrons. The first kappa shape index (κ1) is 11.9. The largest absolute Gasteiger partial charge is 0.370 e. The highest BCUT2D eigenvalue weighted by atomic mass is 16.5. The Kier molecular flexibility index (Phi) is 2.98. The summed E-state index contributed by atoms with van der Waals surface area (Å²) in [5.41, 5.74) is 2.35. The predicted octanol–water partition coefficient (Wildman–Crippen LogP) is 2.42. The molecule has 1 heterocycles. The van der Waals surface area contributed by atoms with Gasteiger partial charge in [-0.3, -0.25) is 0 Å². The Hall–Kier alpha value is -1.16. The maximum atomic E-state index is 5.70. The molecule has 1 saturated carbocycles. The Morgan fingerprint density at radius 2 is 2.06 bits per heavy atom. The first-order chi connectivity index (χ1) is 8.79. The quantitative estimate of drug-likeness (QED) is 0.887. The van der Waals surface area contributed by atoms with Crippen LogP contribution in [0, 0.1) is 0 Å². The van der Waals surface area contributed by atoms with Gasteiger partial charge in [0.05, 0.1) is 0 Å². The molecule has 18 heavy (non-hydrogen) atoms. The summed E-state index contributed by atoms with van der Waals surface area (Å²) in [6, 6.07) is 0. The summed E-state index contributed by atoms with van der Waals surface area (Å²) in [6.07, 6.45) is 6.71. The average molecular weight is 247 g/mol. The fourth-order valence-corrected chi connectivity index (χ4v) is 2.97. The van der Waals surface area contributed by atoms with Gasteiger partial charge in [-0.1, -0.05) is 0 Å². The van der Waals surface area contributed by atoms with Crippen molar-refractivity contribution in [2.24, 2.45) is 0 Å². The molecular formula is C14H21N3O. The molecule has 0 aliphatic heterocycles. The Labute approximate surface area is 108 Å². The van der Waals surface area contributed by atoms with Crippen LogP contribution in [0.5, 0.6) is 0 Å². The number of aryl methyl sites for hydroxylation is 1. The number of methoxy groups -OCH3 is 1. The van der Waals surface area contributed by atoms with E-state index in [1.165, 1.54) is 24.1 Å². The lowest BCUT2D eigenvalue weighted by Gasteiger charge is -2.39. The van der Waals surface area contributed by atoms with Crippen LogP contribution < -0.4 is 5.32 Å². The van der Waals surface area contributed by atoms with Gasteiger partial charge in [0.2, 0.25) is 0 Å². The molecular weight excluding hydrogens is 226 g/mol. The van der Waals surface area contributed by atoms with Crippen molar-refractivity contribution in [3.8, 4) is 0 Å². The second kappa shape index (κ2) is 4.50. The lowest BCUT2D eigenvalue weighted by molar-refractivity contribution is -0.0846. The number of hydrogen-bond acceptors (Lipinski definition) is 4. The third kappa shape index (κ3) is 1.70. The van der Waals surface area contributed by atoms with Crippen LogP contribution >= 0.6 is 0 Å². The van der Waals surface area contributed by atoms with Crippen molar-refractivity contribution in [1.82, 2.24) is 9.97 Å². The molecule has 4 heteroatoms. The second-order valence-electron chi connectivity index (χ2n) is 5.26. The van der Waals surface area contributed by atoms with Gasteiger partial charge < -0.3 is 10.1 Å². The van der Waals surface area contributed by atoms with Gasteiger partial charge >= 0.3 is 0 Å². The summed E-state index contributed by atoms with van der Waals surface area (Å²) >= 11 is 0. The van der Waals surface area contributed by atoms with Gasteiger partial charge in [0.25, 0.3) is 0 Å². The summed E-state index contributed by atoms with van der Waals surface area (Å²) in [6.45, 7) is 3.02. The minimum atomic E-state index is -0.207. The van der Waals surface area contributed by atoms with E-state index >= 15 is 0 Å². The topological polar surface area (TPSA) is 47.0 Å². The van der Waals surface area contributed by atoms with Crippen LogP contribution in [-0.2, 0) is 23.2 Å². The van der Waals surface area contributed by atoms with Gasteiger partial charge in [-0.2, -0.15) is 0 Å². The van der Waals surface area contributed by atoms with E-state index in [0.717, 1.165) is 43.9 Å². The van der Waals surface area contributed by atoms with E-state index < -0.39 is 0 Å². The van der Waals surface area contributed by atoms with E-state index in [0.29, 0.717) is 0 Å². The van der Waals surface area contributed by atoms with Crippen LogP contribution in [0.15, 0.2) is 0 Å². The summed E-state index contributed by atoms with van der Waals surface area (Å²) in [5.74, 6) is 1.94. The molecule has 3 rings (SSSR count). The summed E-state index contributed by atoms with van der Waals surface area (Å²) in [5, 5.41) is 3.39. The zero-order valence-corrected chi connectivity index (χ0v) is 11.3. The van der Waals surface area contributed by atoms with Gasteiger partial charge in [0.1, 0.15) is 11.4 Å². The minimum absolute atomic E-state index is 0.207. The SMILES string of the molecule is CCNc1nc(C2(OC)CCC2)nc2c1CCC2. The third-order valence-corrected chi connectivity index (χ3v) is 4.24. The molecule has 0 bridgehead atoms. The van der Waals surface area contributed by atoms with E-state index in [-0.39, 0.29) is 5.60 Å². The highest BCUT2D eigenvalue weighted by Crippen LogP contribution is 2.43. The third-order valence-electron chi connectivity index (χ3n) is 4.24. The van der Waals surface area contributed by atoms with Gasteiger partial charge in [-0.25, -0.2) is 9.97 Å². The van der Waals surface area contributed by atoms with Crippen LogP contribution in [0.1, 0.15) is 49.7 Å². The number of ether oxygens (including phenoxy) is 1. The fourth-order valence-electron chi connectivity index (χ4n) is 2.97. The first-order valence-electron chi connectivity index (χ1n) is 6.98. The summed E-state index contributed by atoms with van der Waals surface area (Å²) in [4.78, 5) is 9.54. The van der Waals surface area contributed by atoms with Crippen molar-refractivity contribution >= 4 is 5.82 Å². The molecule has 0 saturated heterocycles. The number of nitrogens with zero attached hydrogens (tertiary/aromatic N) is 2. The molecule has 1 fully saturated rings. The predicted molar refractivity (Wildman–Crippen MR) is 70.8 cm³/mol. The van der Waals surface area contributed by atoms with Crippen LogP contribution in [0.25, 0.3) is 0 Å². The molecule has 1 aromatic rings. The van der Waals surface area contributed by atoms with E-state index in [1.54, 1.807) is 7.11 Å². The monoisotopic (exact) mass is 247 g/mol. The molecule has 0 atom stereocenters. The Bertz CT molecular complexity index is 449. The molecule has 4 nitrogen and oxygen atoms in total. The van der Waals surface area contributed by atoms with Gasteiger partial charge in [-0.15, -0.1) is 0 Å². The Balaban J connectivity index is 2.03. The van der Waals surface area contributed by atoms with Crippen LogP contribution in [0.2, 0.25) is 0 Å². The smallest absolute Gasteiger partial charge is 0.162 e. The standard InChI is InChI=1S/C14H21N3O/c1-3-15-12-10-6-4-7-11(10)16-13(17-12)14(18-2)8-5-9-14/h3-9H2,1-2H3,(H,15,16,17). The minimum Gasteiger partial charge on any atom is -0.370 e. The van der Waals surface area contributed by atoms with Crippen molar-refractivity contribution in [1.29, 1.82) is 0 Å². The van der Waals surface area contributed by atoms with E-state index in [1.807, 2.05) is 0 Å². The number of aromatic nitrogens is 2. The molecule has 1 aromatic heterocycles. The zero-order valence-electron chi connectivity index (χ0n) is 11.3. The number of hydrogen-bond donors (Lipinski definition) is 1. The maximum absolute atomic E-state index is 5.70. The summed E-state index contributed by atoms with van der Waals surface area (Å²) in [7, 11) is 1.78. The molecule has 0 aromatic carbocycles. The molecule has 2 aliphatic rings. The van der Waals surface area contributed by atoms with Crippen LogP contribution in [0.4, 0.5) is 5.82 Å². The average Bonchev–Trinajstić information content (AvgIpc) is 2.77. The van der Waals surface area contributed by atoms with Crippen molar-refractivity contribution in [2.75, 3.05) is 19.0 Å². The lowest BCUT2D eigenvalue weighted by Crippen LogP contribution is -2.38. The van der Waals surface area contributed by atoms with Gasteiger partial charge in [0.15, 0.2) is 5.82 Å². The van der Waals surface area contributed by atoms with Gasteiger partial charge in [-0.05, 0) is 45.4 Å². The number of rotatable bonds is 4. The molecule has 0 spiro atoms. The fraction of sp³-hybridized carbons (Fsp3) is 0.714. The van der Waals surface area contributed by atoms with Gasteiger partial charge in [0, 0.05) is 24.9 Å². The molecule has 1 N–H and O–H groups in total. The van der Waals surface area contributed by atoms with E-state index in [9.17, 15) is 0 Å². The molecule has 0 radical (unpaired) electrons. The Morgan fingerprint density at radius 1 is 1.22 bits per heavy atom. The molecule has 0 amide bonds. The highest BCUT2D eigenvalue weighted by molar-refractivity contribution is 5.49. The summed E-state index contributed by atoms with van der Waals surface area (Å²) < 4.78 is 5.70. The van der Waals surface area contributed by atoms with Crippen LogP contribution in [-0.4, -0.2) is 23.6 Å². The van der Waals surface area contributed by atoms with E-state index in [2.05, 4.69) is 12.2 Å². The number of anilines is 1. The van der Waals surface area contributed by atoms with Crippen LogP contribution in [0.3, 0.4) is 0 Å². The Morgan fingerprint density at radius 3 is 2.67 bits per heavy atom. The number of nitrogens with one attached hydrogen (secondary N) is 1. The molecule has 2 aliphatic carbocycles. The second-order valence-corrected chi connectivity index (χ2v) is 5.26. The molecule has 0 unspecified atom stereocenters. The van der Waals surface area contributed by atoms with Crippen molar-refractivity contribution in [3.05, 3.63) is 17.1 Å². The highest BCUT2D eigenvalue weighted by Gasteiger charge is 2.42. The normalized spacial score (nSPS) is 20.3.